The van der Waals surface area contributed by atoms with Gasteiger partial charge < -0.3 is 10.1 Å². The molecule has 2 aromatic carbocycles. The first-order chi connectivity index (χ1) is 9.22. The van der Waals surface area contributed by atoms with Gasteiger partial charge in [0.05, 0.1) is 6.61 Å². The second-order valence-electron chi connectivity index (χ2n) is 4.74. The number of amides is 1. The van der Waals surface area contributed by atoms with E-state index in [1.165, 1.54) is 0 Å². The van der Waals surface area contributed by atoms with Gasteiger partial charge in [0.15, 0.2) is 0 Å². The fourth-order valence-electron chi connectivity index (χ4n) is 2.25. The minimum absolute atomic E-state index is 0.0810. The van der Waals surface area contributed by atoms with E-state index in [0.717, 1.165) is 35.6 Å². The molecule has 1 aliphatic heterocycles. The molecule has 3 heteroatoms. The SMILES string of the molecule is Cc1cccc(C(=O)Nc2ccc3c(c2)CCO3)c1. The number of carbonyl (C=O) groups excluding carboxylic acids is 1. The minimum atomic E-state index is -0.0810. The summed E-state index contributed by atoms with van der Waals surface area (Å²) in [5, 5.41) is 2.92. The summed E-state index contributed by atoms with van der Waals surface area (Å²) in [6, 6.07) is 13.3. The first kappa shape index (κ1) is 11.8. The molecule has 0 aromatic heterocycles. The molecule has 0 radical (unpaired) electrons. The summed E-state index contributed by atoms with van der Waals surface area (Å²) in [5.74, 6) is 0.844. The first-order valence-corrected chi connectivity index (χ1v) is 6.36. The Kier molecular flexibility index (Phi) is 2.95. The van der Waals surface area contributed by atoms with Gasteiger partial charge >= 0.3 is 0 Å². The van der Waals surface area contributed by atoms with Crippen molar-refractivity contribution in [2.45, 2.75) is 13.3 Å². The number of nitrogens with one attached hydrogen (secondary N) is 1. The van der Waals surface area contributed by atoms with Crippen molar-refractivity contribution in [2.75, 3.05) is 11.9 Å². The molecule has 0 saturated carbocycles. The molecule has 96 valence electrons. The van der Waals surface area contributed by atoms with Crippen LogP contribution in [0.3, 0.4) is 0 Å². The van der Waals surface area contributed by atoms with E-state index in [2.05, 4.69) is 5.32 Å². The van der Waals surface area contributed by atoms with Crippen LogP contribution in [0.5, 0.6) is 5.75 Å². The monoisotopic (exact) mass is 253 g/mol. The molecule has 0 fully saturated rings. The summed E-state index contributed by atoms with van der Waals surface area (Å²) in [7, 11) is 0. The van der Waals surface area contributed by atoms with Crippen LogP contribution in [0.25, 0.3) is 0 Å². The van der Waals surface area contributed by atoms with E-state index >= 15 is 0 Å². The summed E-state index contributed by atoms with van der Waals surface area (Å²) in [5.41, 5.74) is 3.73. The molecule has 0 spiro atoms. The largest absolute Gasteiger partial charge is 0.493 e. The van der Waals surface area contributed by atoms with Crippen molar-refractivity contribution >= 4 is 11.6 Å². The number of aryl methyl sites for hydroxylation is 1. The van der Waals surface area contributed by atoms with Crippen LogP contribution < -0.4 is 10.1 Å². The van der Waals surface area contributed by atoms with Gasteiger partial charge in [-0.15, -0.1) is 0 Å². The summed E-state index contributed by atoms with van der Waals surface area (Å²) in [6.45, 7) is 2.70. The summed E-state index contributed by atoms with van der Waals surface area (Å²) < 4.78 is 5.45. The second-order valence-corrected chi connectivity index (χ2v) is 4.74. The predicted octanol–water partition coefficient (Wildman–Crippen LogP) is 3.18. The molecule has 1 amide bonds. The molecule has 1 heterocycles. The van der Waals surface area contributed by atoms with Gasteiger partial charge in [0.1, 0.15) is 5.75 Å². The van der Waals surface area contributed by atoms with Crippen LogP contribution in [-0.4, -0.2) is 12.5 Å². The number of carbonyl (C=O) groups is 1. The Morgan fingerprint density at radius 3 is 2.95 bits per heavy atom. The Hall–Kier alpha value is -2.29. The quantitative estimate of drug-likeness (QED) is 0.892. The Labute approximate surface area is 112 Å². The van der Waals surface area contributed by atoms with E-state index in [9.17, 15) is 4.79 Å². The van der Waals surface area contributed by atoms with Gasteiger partial charge in [0.2, 0.25) is 0 Å². The van der Waals surface area contributed by atoms with E-state index in [1.807, 2.05) is 49.4 Å². The predicted molar refractivity (Wildman–Crippen MR) is 74.8 cm³/mol. The highest BCUT2D eigenvalue weighted by Gasteiger charge is 2.13. The third kappa shape index (κ3) is 2.45. The van der Waals surface area contributed by atoms with E-state index < -0.39 is 0 Å². The maximum atomic E-state index is 12.1. The van der Waals surface area contributed by atoms with Crippen molar-refractivity contribution in [3.63, 3.8) is 0 Å². The van der Waals surface area contributed by atoms with Crippen molar-refractivity contribution in [1.29, 1.82) is 0 Å². The molecule has 1 aliphatic rings. The fourth-order valence-corrected chi connectivity index (χ4v) is 2.25. The standard InChI is InChI=1S/C16H15NO2/c1-11-3-2-4-13(9-11)16(18)17-14-5-6-15-12(10-14)7-8-19-15/h2-6,9-10H,7-8H2,1H3,(H,17,18). The molecule has 0 bridgehead atoms. The van der Waals surface area contributed by atoms with Crippen LogP contribution in [0.4, 0.5) is 5.69 Å². The highest BCUT2D eigenvalue weighted by molar-refractivity contribution is 6.04. The number of benzene rings is 2. The lowest BCUT2D eigenvalue weighted by Crippen LogP contribution is -2.11. The van der Waals surface area contributed by atoms with Crippen molar-refractivity contribution in [1.82, 2.24) is 0 Å². The van der Waals surface area contributed by atoms with Crippen molar-refractivity contribution < 1.29 is 9.53 Å². The van der Waals surface area contributed by atoms with Gasteiger partial charge in [0.25, 0.3) is 5.91 Å². The molecule has 19 heavy (non-hydrogen) atoms. The first-order valence-electron chi connectivity index (χ1n) is 6.36. The van der Waals surface area contributed by atoms with Crippen LogP contribution in [0, 0.1) is 6.92 Å². The van der Waals surface area contributed by atoms with Crippen LogP contribution in [0.2, 0.25) is 0 Å². The van der Waals surface area contributed by atoms with Gasteiger partial charge in [-0.2, -0.15) is 0 Å². The average molecular weight is 253 g/mol. The molecular weight excluding hydrogens is 238 g/mol. The second kappa shape index (κ2) is 4.76. The van der Waals surface area contributed by atoms with Crippen molar-refractivity contribution in [3.05, 3.63) is 59.2 Å². The lowest BCUT2D eigenvalue weighted by molar-refractivity contribution is 0.102. The molecule has 3 rings (SSSR count). The van der Waals surface area contributed by atoms with Gasteiger partial charge in [0, 0.05) is 17.7 Å². The third-order valence-electron chi connectivity index (χ3n) is 3.23. The molecular formula is C16H15NO2. The summed E-state index contributed by atoms with van der Waals surface area (Å²) >= 11 is 0. The molecule has 0 unspecified atom stereocenters. The van der Waals surface area contributed by atoms with Gasteiger partial charge in [-0.05, 0) is 42.8 Å². The molecule has 2 aromatic rings. The zero-order chi connectivity index (χ0) is 13.2. The summed E-state index contributed by atoms with van der Waals surface area (Å²) in [4.78, 5) is 12.1. The normalized spacial score (nSPS) is 12.7. The number of rotatable bonds is 2. The number of hydrogen-bond acceptors (Lipinski definition) is 2. The molecule has 0 atom stereocenters. The topological polar surface area (TPSA) is 38.3 Å². The molecule has 0 aliphatic carbocycles. The number of hydrogen-bond donors (Lipinski definition) is 1. The number of ether oxygens (including phenoxy) is 1. The Morgan fingerprint density at radius 2 is 2.11 bits per heavy atom. The van der Waals surface area contributed by atoms with E-state index in [0.29, 0.717) is 5.56 Å². The van der Waals surface area contributed by atoms with Crippen molar-refractivity contribution in [2.24, 2.45) is 0 Å². The molecule has 1 N–H and O–H groups in total. The zero-order valence-electron chi connectivity index (χ0n) is 10.8. The zero-order valence-corrected chi connectivity index (χ0v) is 10.8. The van der Waals surface area contributed by atoms with Crippen LogP contribution in [0.15, 0.2) is 42.5 Å². The maximum Gasteiger partial charge on any atom is 0.255 e. The highest BCUT2D eigenvalue weighted by atomic mass is 16.5. The van der Waals surface area contributed by atoms with Gasteiger partial charge in [-0.1, -0.05) is 17.7 Å². The fraction of sp³-hybridized carbons (Fsp3) is 0.188. The van der Waals surface area contributed by atoms with Crippen molar-refractivity contribution in [3.8, 4) is 5.75 Å². The Balaban J connectivity index is 1.80. The van der Waals surface area contributed by atoms with Crippen LogP contribution in [-0.2, 0) is 6.42 Å². The van der Waals surface area contributed by atoms with Gasteiger partial charge in [-0.25, -0.2) is 0 Å². The summed E-state index contributed by atoms with van der Waals surface area (Å²) in [6.07, 6.45) is 0.906. The minimum Gasteiger partial charge on any atom is -0.493 e. The Morgan fingerprint density at radius 1 is 1.21 bits per heavy atom. The highest BCUT2D eigenvalue weighted by Crippen LogP contribution is 2.28. The third-order valence-corrected chi connectivity index (χ3v) is 3.23. The number of anilines is 1. The van der Waals surface area contributed by atoms with E-state index in [1.54, 1.807) is 0 Å². The van der Waals surface area contributed by atoms with Crippen LogP contribution in [0.1, 0.15) is 21.5 Å². The average Bonchev–Trinajstić information content (AvgIpc) is 2.86. The Bertz CT molecular complexity index is 634. The smallest absolute Gasteiger partial charge is 0.255 e. The van der Waals surface area contributed by atoms with Crippen LogP contribution >= 0.6 is 0 Å². The van der Waals surface area contributed by atoms with E-state index in [4.69, 9.17) is 4.74 Å². The lowest BCUT2D eigenvalue weighted by atomic mass is 10.1. The lowest BCUT2D eigenvalue weighted by Gasteiger charge is -2.07. The molecule has 0 saturated heterocycles. The molecule has 3 nitrogen and oxygen atoms in total. The van der Waals surface area contributed by atoms with E-state index in [-0.39, 0.29) is 5.91 Å². The number of fused-ring (bicyclic) bond motifs is 1. The maximum absolute atomic E-state index is 12.1. The van der Waals surface area contributed by atoms with Gasteiger partial charge in [-0.3, -0.25) is 4.79 Å².